The highest BCUT2D eigenvalue weighted by atomic mass is 16.6. The second kappa shape index (κ2) is 7.69. The number of methoxy groups -OCH3 is 1. The lowest BCUT2D eigenvalue weighted by Gasteiger charge is -2.13. The summed E-state index contributed by atoms with van der Waals surface area (Å²) in [5.74, 6) is -1.11. The van der Waals surface area contributed by atoms with Gasteiger partial charge in [-0.1, -0.05) is 36.4 Å². The number of carbonyl (C=O) groups is 1. The van der Waals surface area contributed by atoms with E-state index >= 15 is 0 Å². The Morgan fingerprint density at radius 3 is 2.65 bits per heavy atom. The average molecular weight is 354 g/mol. The number of nitrogens with zero attached hydrogens (tertiary/aromatic N) is 1. The number of aromatic nitrogens is 1. The fourth-order valence-corrected chi connectivity index (χ4v) is 2.90. The smallest absolute Gasteiger partial charge is 0.319 e. The van der Waals surface area contributed by atoms with Gasteiger partial charge in [0.2, 0.25) is 6.54 Å². The molecule has 26 heavy (non-hydrogen) atoms. The predicted octanol–water partition coefficient (Wildman–Crippen LogP) is 3.28. The van der Waals surface area contributed by atoms with Crippen molar-refractivity contribution in [3.63, 3.8) is 0 Å². The largest absolute Gasteiger partial charge is 0.488 e. The third kappa shape index (κ3) is 3.66. The van der Waals surface area contributed by atoms with E-state index in [0.717, 1.165) is 11.1 Å². The Hall–Kier alpha value is -3.35. The van der Waals surface area contributed by atoms with E-state index in [9.17, 15) is 14.9 Å². The van der Waals surface area contributed by atoms with Crippen LogP contribution in [-0.4, -0.2) is 29.5 Å². The maximum Gasteiger partial charge on any atom is 0.319 e. The van der Waals surface area contributed by atoms with Gasteiger partial charge >= 0.3 is 5.97 Å². The van der Waals surface area contributed by atoms with Crippen LogP contribution in [0.25, 0.3) is 10.9 Å². The molecule has 1 heterocycles. The van der Waals surface area contributed by atoms with E-state index < -0.39 is 23.4 Å². The van der Waals surface area contributed by atoms with E-state index in [1.54, 1.807) is 12.3 Å². The first kappa shape index (κ1) is 17.5. The molecule has 0 fully saturated rings. The topological polar surface area (TPSA) is 94.5 Å². The average Bonchev–Trinajstić information content (AvgIpc) is 3.09. The van der Waals surface area contributed by atoms with E-state index in [-0.39, 0.29) is 0 Å². The lowest BCUT2D eigenvalue weighted by Crippen LogP contribution is -2.22. The molecule has 0 aliphatic rings. The first-order chi connectivity index (χ1) is 12.6. The van der Waals surface area contributed by atoms with Crippen LogP contribution in [0.5, 0.6) is 5.75 Å². The minimum absolute atomic E-state index is 0.350. The Balaban J connectivity index is 1.98. The molecule has 0 spiro atoms. The molecule has 0 saturated heterocycles. The quantitative estimate of drug-likeness (QED) is 0.399. The van der Waals surface area contributed by atoms with Gasteiger partial charge in [0.15, 0.2) is 0 Å². The van der Waals surface area contributed by atoms with Crippen molar-refractivity contribution in [1.29, 1.82) is 0 Å². The molecule has 1 unspecified atom stereocenters. The number of aromatic amines is 1. The number of ether oxygens (including phenoxy) is 2. The van der Waals surface area contributed by atoms with E-state index in [1.165, 1.54) is 7.11 Å². The summed E-state index contributed by atoms with van der Waals surface area (Å²) in [6.07, 6.45) is 1.60. The van der Waals surface area contributed by atoms with Crippen molar-refractivity contribution in [3.05, 3.63) is 76.0 Å². The predicted molar refractivity (Wildman–Crippen MR) is 95.7 cm³/mol. The molecule has 0 amide bonds. The SMILES string of the molecule is COC(=O)C(C[N+](=O)[O-])c1c[nH]c2cccc(OCc3ccccc3)c12. The van der Waals surface area contributed by atoms with Crippen LogP contribution in [0.15, 0.2) is 54.7 Å². The normalized spacial score (nSPS) is 11.9. The van der Waals surface area contributed by atoms with Crippen LogP contribution in [0.2, 0.25) is 0 Å². The Kier molecular flexibility index (Phi) is 5.17. The van der Waals surface area contributed by atoms with E-state index in [2.05, 4.69) is 4.98 Å². The summed E-state index contributed by atoms with van der Waals surface area (Å²) in [7, 11) is 1.22. The van der Waals surface area contributed by atoms with Crippen LogP contribution in [-0.2, 0) is 16.1 Å². The van der Waals surface area contributed by atoms with E-state index in [0.29, 0.717) is 23.3 Å². The van der Waals surface area contributed by atoms with Gasteiger partial charge in [-0.25, -0.2) is 0 Å². The molecule has 0 aliphatic carbocycles. The minimum atomic E-state index is -1.01. The molecule has 0 aliphatic heterocycles. The third-order valence-corrected chi connectivity index (χ3v) is 4.13. The highest BCUT2D eigenvalue weighted by Gasteiger charge is 2.30. The molecule has 134 valence electrons. The summed E-state index contributed by atoms with van der Waals surface area (Å²) < 4.78 is 10.7. The Morgan fingerprint density at radius 2 is 1.96 bits per heavy atom. The molecule has 1 aromatic heterocycles. The zero-order valence-corrected chi connectivity index (χ0v) is 14.2. The molecular weight excluding hydrogens is 336 g/mol. The van der Waals surface area contributed by atoms with Gasteiger partial charge in [-0.3, -0.25) is 14.9 Å². The van der Waals surface area contributed by atoms with Crippen LogP contribution in [0.3, 0.4) is 0 Å². The van der Waals surface area contributed by atoms with Gasteiger partial charge in [0.1, 0.15) is 18.3 Å². The van der Waals surface area contributed by atoms with Crippen LogP contribution in [0.4, 0.5) is 0 Å². The number of nitrogens with one attached hydrogen (secondary N) is 1. The summed E-state index contributed by atoms with van der Waals surface area (Å²) in [5, 5.41) is 11.7. The van der Waals surface area contributed by atoms with Gasteiger partial charge in [-0.15, -0.1) is 0 Å². The lowest BCUT2D eigenvalue weighted by atomic mass is 9.98. The van der Waals surface area contributed by atoms with Gasteiger partial charge < -0.3 is 14.5 Å². The zero-order valence-electron chi connectivity index (χ0n) is 14.2. The molecule has 1 atom stereocenters. The van der Waals surface area contributed by atoms with Gasteiger partial charge in [-0.2, -0.15) is 0 Å². The molecule has 7 heteroatoms. The molecule has 3 rings (SSSR count). The molecule has 7 nitrogen and oxygen atoms in total. The molecule has 0 saturated carbocycles. The van der Waals surface area contributed by atoms with Gasteiger partial charge in [-0.05, 0) is 17.7 Å². The molecule has 0 radical (unpaired) electrons. The maximum absolute atomic E-state index is 12.1. The van der Waals surface area contributed by atoms with Crippen molar-refractivity contribution in [3.8, 4) is 5.75 Å². The number of hydrogen-bond acceptors (Lipinski definition) is 5. The number of nitro groups is 1. The van der Waals surface area contributed by atoms with Gasteiger partial charge in [0, 0.05) is 27.6 Å². The number of benzene rings is 2. The van der Waals surface area contributed by atoms with Crippen molar-refractivity contribution in [2.75, 3.05) is 13.7 Å². The van der Waals surface area contributed by atoms with Crippen molar-refractivity contribution < 1.29 is 19.2 Å². The first-order valence-electron chi connectivity index (χ1n) is 8.06. The van der Waals surface area contributed by atoms with Crippen LogP contribution >= 0.6 is 0 Å². The monoisotopic (exact) mass is 354 g/mol. The van der Waals surface area contributed by atoms with E-state index in [1.807, 2.05) is 42.5 Å². The van der Waals surface area contributed by atoms with E-state index in [4.69, 9.17) is 9.47 Å². The van der Waals surface area contributed by atoms with Crippen molar-refractivity contribution in [1.82, 2.24) is 4.98 Å². The zero-order chi connectivity index (χ0) is 18.5. The summed E-state index contributed by atoms with van der Waals surface area (Å²) in [5.41, 5.74) is 2.23. The number of rotatable bonds is 7. The first-order valence-corrected chi connectivity index (χ1v) is 8.06. The van der Waals surface area contributed by atoms with Crippen LogP contribution < -0.4 is 4.74 Å². The minimum Gasteiger partial charge on any atom is -0.488 e. The van der Waals surface area contributed by atoms with Gasteiger partial charge in [0.25, 0.3) is 0 Å². The molecule has 3 aromatic rings. The fraction of sp³-hybridized carbons (Fsp3) is 0.211. The second-order valence-corrected chi connectivity index (χ2v) is 5.79. The third-order valence-electron chi connectivity index (χ3n) is 4.13. The Bertz CT molecular complexity index is 920. The van der Waals surface area contributed by atoms with Crippen molar-refractivity contribution in [2.24, 2.45) is 0 Å². The number of fused-ring (bicyclic) bond motifs is 1. The number of hydrogen-bond donors (Lipinski definition) is 1. The highest BCUT2D eigenvalue weighted by molar-refractivity contribution is 5.94. The molecule has 2 aromatic carbocycles. The lowest BCUT2D eigenvalue weighted by molar-refractivity contribution is -0.481. The molecule has 1 N–H and O–H groups in total. The summed E-state index contributed by atoms with van der Waals surface area (Å²) in [6.45, 7) is -0.199. The Labute approximate surface area is 149 Å². The number of H-pyrrole nitrogens is 1. The second-order valence-electron chi connectivity index (χ2n) is 5.79. The number of carbonyl (C=O) groups excluding carboxylic acids is 1. The fourth-order valence-electron chi connectivity index (χ4n) is 2.90. The van der Waals surface area contributed by atoms with Gasteiger partial charge in [0.05, 0.1) is 7.11 Å². The van der Waals surface area contributed by atoms with Crippen LogP contribution in [0, 0.1) is 10.1 Å². The van der Waals surface area contributed by atoms with Crippen molar-refractivity contribution in [2.45, 2.75) is 12.5 Å². The van der Waals surface area contributed by atoms with Crippen LogP contribution in [0.1, 0.15) is 17.0 Å². The summed E-state index contributed by atoms with van der Waals surface area (Å²) >= 11 is 0. The highest BCUT2D eigenvalue weighted by Crippen LogP contribution is 2.34. The number of esters is 1. The maximum atomic E-state index is 12.1. The Morgan fingerprint density at radius 1 is 1.19 bits per heavy atom. The summed E-state index contributed by atoms with van der Waals surface area (Å²) in [6, 6.07) is 15.1. The van der Waals surface area contributed by atoms with Crippen molar-refractivity contribution >= 4 is 16.9 Å². The standard InChI is InChI=1S/C19H18N2O5/c1-25-19(22)15(11-21(23)24)14-10-20-16-8-5-9-17(18(14)16)26-12-13-6-3-2-4-7-13/h2-10,15,20H,11-12H2,1H3. The molecule has 0 bridgehead atoms. The summed E-state index contributed by atoms with van der Waals surface area (Å²) in [4.78, 5) is 25.6. The molecular formula is C19H18N2O5.